The molecule has 0 N–H and O–H groups in total. The first-order valence-electron chi connectivity index (χ1n) is 8.38. The number of nitrogens with zero attached hydrogens (tertiary/aromatic N) is 4. The SMILES string of the molecule is COc1ccc(-c2nc3s/c(=C/c4ccc(N(C)C)cc4)c(=O)n3n2)cc1. The molecule has 0 bridgehead atoms. The van der Waals surface area contributed by atoms with E-state index in [4.69, 9.17) is 4.74 Å². The minimum Gasteiger partial charge on any atom is -0.497 e. The molecule has 136 valence electrons. The Labute approximate surface area is 160 Å². The molecule has 0 aliphatic carbocycles. The summed E-state index contributed by atoms with van der Waals surface area (Å²) in [6.45, 7) is 0. The molecule has 0 spiro atoms. The second kappa shape index (κ2) is 6.85. The van der Waals surface area contributed by atoms with Crippen molar-refractivity contribution < 1.29 is 4.74 Å². The quantitative estimate of drug-likeness (QED) is 0.546. The summed E-state index contributed by atoms with van der Waals surface area (Å²) in [5.74, 6) is 1.30. The molecule has 4 rings (SSSR count). The number of anilines is 1. The molecule has 0 fully saturated rings. The van der Waals surface area contributed by atoms with Gasteiger partial charge in [0.2, 0.25) is 4.96 Å². The first-order chi connectivity index (χ1) is 13.0. The fourth-order valence-electron chi connectivity index (χ4n) is 2.72. The van der Waals surface area contributed by atoms with Gasteiger partial charge in [-0.2, -0.15) is 9.50 Å². The van der Waals surface area contributed by atoms with E-state index in [-0.39, 0.29) is 5.56 Å². The molecule has 27 heavy (non-hydrogen) atoms. The van der Waals surface area contributed by atoms with Crippen LogP contribution >= 0.6 is 11.3 Å². The summed E-state index contributed by atoms with van der Waals surface area (Å²) in [5, 5.41) is 4.37. The van der Waals surface area contributed by atoms with Gasteiger partial charge in [-0.3, -0.25) is 4.79 Å². The van der Waals surface area contributed by atoms with Crippen LogP contribution in [0.4, 0.5) is 5.69 Å². The van der Waals surface area contributed by atoms with Gasteiger partial charge >= 0.3 is 0 Å². The van der Waals surface area contributed by atoms with Crippen molar-refractivity contribution in [1.82, 2.24) is 14.6 Å². The van der Waals surface area contributed by atoms with Crippen molar-refractivity contribution in [2.75, 3.05) is 26.1 Å². The van der Waals surface area contributed by atoms with Crippen molar-refractivity contribution in [1.29, 1.82) is 0 Å². The number of benzene rings is 2. The van der Waals surface area contributed by atoms with Gasteiger partial charge in [-0.1, -0.05) is 23.5 Å². The largest absolute Gasteiger partial charge is 0.497 e. The fourth-order valence-corrected chi connectivity index (χ4v) is 3.62. The Bertz CT molecular complexity index is 1190. The zero-order valence-electron chi connectivity index (χ0n) is 15.2. The van der Waals surface area contributed by atoms with Gasteiger partial charge in [-0.05, 0) is 48.0 Å². The van der Waals surface area contributed by atoms with Gasteiger partial charge in [0.15, 0.2) is 5.82 Å². The summed E-state index contributed by atoms with van der Waals surface area (Å²) in [4.78, 5) is 19.8. The first kappa shape index (κ1) is 17.2. The topological polar surface area (TPSA) is 59.7 Å². The molecule has 0 aliphatic heterocycles. The van der Waals surface area contributed by atoms with Crippen LogP contribution in [0, 0.1) is 0 Å². The maximum Gasteiger partial charge on any atom is 0.291 e. The third-order valence-electron chi connectivity index (χ3n) is 4.24. The molecule has 0 radical (unpaired) electrons. The van der Waals surface area contributed by atoms with Crippen molar-refractivity contribution in [3.8, 4) is 17.1 Å². The highest BCUT2D eigenvalue weighted by atomic mass is 32.1. The molecule has 0 saturated heterocycles. The van der Waals surface area contributed by atoms with Crippen LogP contribution in [0.25, 0.3) is 22.4 Å². The van der Waals surface area contributed by atoms with Crippen LogP contribution in [0.15, 0.2) is 53.3 Å². The predicted molar refractivity (Wildman–Crippen MR) is 109 cm³/mol. The molecule has 2 aromatic heterocycles. The van der Waals surface area contributed by atoms with Crippen LogP contribution in [0.1, 0.15) is 5.56 Å². The zero-order chi connectivity index (χ0) is 19.0. The zero-order valence-corrected chi connectivity index (χ0v) is 16.0. The van der Waals surface area contributed by atoms with Crippen LogP contribution < -0.4 is 19.7 Å². The van der Waals surface area contributed by atoms with E-state index in [0.717, 1.165) is 22.6 Å². The lowest BCUT2D eigenvalue weighted by Gasteiger charge is -2.11. The number of hydrogen-bond donors (Lipinski definition) is 0. The lowest BCUT2D eigenvalue weighted by molar-refractivity contribution is 0.415. The number of fused-ring (bicyclic) bond motifs is 1. The van der Waals surface area contributed by atoms with Crippen LogP contribution in [0.2, 0.25) is 0 Å². The van der Waals surface area contributed by atoms with E-state index in [2.05, 4.69) is 10.1 Å². The lowest BCUT2D eigenvalue weighted by Crippen LogP contribution is -2.23. The van der Waals surface area contributed by atoms with E-state index in [0.29, 0.717) is 15.3 Å². The number of rotatable bonds is 4. The number of aromatic nitrogens is 3. The third kappa shape index (κ3) is 3.29. The number of methoxy groups -OCH3 is 1. The second-order valence-corrected chi connectivity index (χ2v) is 7.27. The van der Waals surface area contributed by atoms with Crippen LogP contribution in [-0.4, -0.2) is 35.8 Å². The highest BCUT2D eigenvalue weighted by Gasteiger charge is 2.12. The number of hydrogen-bond acceptors (Lipinski definition) is 6. The lowest BCUT2D eigenvalue weighted by atomic mass is 10.2. The van der Waals surface area contributed by atoms with Gasteiger partial charge in [-0.25, -0.2) is 0 Å². The smallest absolute Gasteiger partial charge is 0.291 e. The highest BCUT2D eigenvalue weighted by molar-refractivity contribution is 7.15. The molecular weight excluding hydrogens is 360 g/mol. The van der Waals surface area contributed by atoms with Crippen molar-refractivity contribution in [3.63, 3.8) is 0 Å². The summed E-state index contributed by atoms with van der Waals surface area (Å²) in [6, 6.07) is 15.5. The van der Waals surface area contributed by atoms with Gasteiger partial charge in [0.25, 0.3) is 5.56 Å². The van der Waals surface area contributed by atoms with E-state index >= 15 is 0 Å². The van der Waals surface area contributed by atoms with E-state index in [1.54, 1.807) is 7.11 Å². The van der Waals surface area contributed by atoms with Gasteiger partial charge in [0, 0.05) is 25.3 Å². The summed E-state index contributed by atoms with van der Waals surface area (Å²) >= 11 is 1.34. The average Bonchev–Trinajstić information content (AvgIpc) is 3.22. The molecular formula is C20H18N4O2S. The van der Waals surface area contributed by atoms with Gasteiger partial charge in [0.1, 0.15) is 5.75 Å². The molecule has 4 aromatic rings. The predicted octanol–water partition coefficient (Wildman–Crippen LogP) is 2.44. The fraction of sp³-hybridized carbons (Fsp3) is 0.150. The van der Waals surface area contributed by atoms with Crippen molar-refractivity contribution in [3.05, 3.63) is 69.0 Å². The minimum atomic E-state index is -0.154. The summed E-state index contributed by atoms with van der Waals surface area (Å²) in [5.41, 5.74) is 2.77. The Kier molecular flexibility index (Phi) is 4.37. The second-order valence-electron chi connectivity index (χ2n) is 6.26. The maximum absolute atomic E-state index is 12.7. The summed E-state index contributed by atoms with van der Waals surface area (Å²) in [6.07, 6.45) is 1.87. The molecule has 0 saturated carbocycles. The van der Waals surface area contributed by atoms with E-state index in [1.165, 1.54) is 15.9 Å². The van der Waals surface area contributed by atoms with E-state index in [1.807, 2.05) is 73.6 Å². The van der Waals surface area contributed by atoms with Crippen LogP contribution in [-0.2, 0) is 0 Å². The summed E-state index contributed by atoms with van der Waals surface area (Å²) < 4.78 is 7.14. The molecule has 0 aliphatic rings. The average molecular weight is 378 g/mol. The van der Waals surface area contributed by atoms with Crippen molar-refractivity contribution in [2.45, 2.75) is 0 Å². The third-order valence-corrected chi connectivity index (χ3v) is 5.20. The van der Waals surface area contributed by atoms with Crippen molar-refractivity contribution in [2.24, 2.45) is 0 Å². The maximum atomic E-state index is 12.7. The normalized spacial score (nSPS) is 11.9. The molecule has 0 amide bonds. The Balaban J connectivity index is 1.70. The first-order valence-corrected chi connectivity index (χ1v) is 9.20. The van der Waals surface area contributed by atoms with Gasteiger partial charge in [-0.15, -0.1) is 5.10 Å². The molecule has 2 heterocycles. The molecule has 2 aromatic carbocycles. The Morgan fingerprint density at radius 1 is 1.07 bits per heavy atom. The monoisotopic (exact) mass is 378 g/mol. The molecule has 0 atom stereocenters. The molecule has 0 unspecified atom stereocenters. The Morgan fingerprint density at radius 2 is 1.78 bits per heavy atom. The molecule has 7 heteroatoms. The van der Waals surface area contributed by atoms with Crippen LogP contribution in [0.3, 0.4) is 0 Å². The number of ether oxygens (including phenoxy) is 1. The highest BCUT2D eigenvalue weighted by Crippen LogP contribution is 2.20. The Hall–Kier alpha value is -3.19. The molecule has 6 nitrogen and oxygen atoms in total. The number of thiazole rings is 1. The van der Waals surface area contributed by atoms with Crippen LogP contribution in [0.5, 0.6) is 5.75 Å². The van der Waals surface area contributed by atoms with Crippen molar-refractivity contribution >= 4 is 28.1 Å². The van der Waals surface area contributed by atoms with E-state index < -0.39 is 0 Å². The van der Waals surface area contributed by atoms with Gasteiger partial charge in [0.05, 0.1) is 11.6 Å². The Morgan fingerprint density at radius 3 is 2.37 bits per heavy atom. The standard InChI is InChI=1S/C20H18N4O2S/c1-23(2)15-8-4-13(5-9-15)12-17-19(25)24-20(27-17)21-18(22-24)14-6-10-16(26-3)11-7-14/h4-12H,1-3H3/b17-12+. The van der Waals surface area contributed by atoms with E-state index in [9.17, 15) is 4.79 Å². The summed E-state index contributed by atoms with van der Waals surface area (Å²) in [7, 11) is 5.61. The van der Waals surface area contributed by atoms with Gasteiger partial charge < -0.3 is 9.64 Å². The minimum absolute atomic E-state index is 0.154.